The minimum Gasteiger partial charge on any atom is -0.477 e. The van der Waals surface area contributed by atoms with E-state index in [1.54, 1.807) is 7.11 Å². The molecule has 0 unspecified atom stereocenters. The molecular weight excluding hydrogens is 280 g/mol. The second kappa shape index (κ2) is 7.76. The summed E-state index contributed by atoms with van der Waals surface area (Å²) < 4.78 is 16.0. The van der Waals surface area contributed by atoms with E-state index in [0.717, 1.165) is 30.7 Å². The molecular formula is C14H21ClN2O3. The summed E-state index contributed by atoms with van der Waals surface area (Å²) in [7, 11) is 1.66. The summed E-state index contributed by atoms with van der Waals surface area (Å²) in [6, 6.07) is 0. The highest BCUT2D eigenvalue weighted by Crippen LogP contribution is 2.39. The van der Waals surface area contributed by atoms with Crippen LogP contribution in [0, 0.1) is 6.92 Å². The van der Waals surface area contributed by atoms with Gasteiger partial charge in [-0.2, -0.15) is 4.98 Å². The molecule has 0 saturated heterocycles. The van der Waals surface area contributed by atoms with Gasteiger partial charge in [-0.05, 0) is 19.8 Å². The van der Waals surface area contributed by atoms with Gasteiger partial charge in [-0.1, -0.05) is 11.6 Å². The lowest BCUT2D eigenvalue weighted by Crippen LogP contribution is -2.09. The molecule has 2 rings (SSSR count). The molecule has 5 nitrogen and oxygen atoms in total. The van der Waals surface area contributed by atoms with Gasteiger partial charge in [-0.25, -0.2) is 4.98 Å². The highest BCUT2D eigenvalue weighted by molar-refractivity contribution is 6.30. The predicted octanol–water partition coefficient (Wildman–Crippen LogP) is 2.75. The third-order valence-electron chi connectivity index (χ3n) is 3.11. The fourth-order valence-corrected chi connectivity index (χ4v) is 1.89. The van der Waals surface area contributed by atoms with Gasteiger partial charge in [-0.3, -0.25) is 0 Å². The second-order valence-electron chi connectivity index (χ2n) is 4.88. The van der Waals surface area contributed by atoms with Crippen LogP contribution >= 0.6 is 11.6 Å². The monoisotopic (exact) mass is 300 g/mol. The highest BCUT2D eigenvalue weighted by atomic mass is 35.5. The Hall–Kier alpha value is -0.910. The van der Waals surface area contributed by atoms with Crippen molar-refractivity contribution in [2.45, 2.75) is 32.1 Å². The summed E-state index contributed by atoms with van der Waals surface area (Å²) in [6.07, 6.45) is 3.10. The van der Waals surface area contributed by atoms with Crippen molar-refractivity contribution in [2.24, 2.45) is 0 Å². The molecule has 20 heavy (non-hydrogen) atoms. The summed E-state index contributed by atoms with van der Waals surface area (Å²) in [5.41, 5.74) is 0.802. The number of halogens is 1. The zero-order chi connectivity index (χ0) is 14.4. The van der Waals surface area contributed by atoms with Gasteiger partial charge < -0.3 is 14.2 Å². The molecule has 0 N–H and O–H groups in total. The zero-order valence-corrected chi connectivity index (χ0v) is 12.8. The van der Waals surface area contributed by atoms with Crippen LogP contribution in [0.3, 0.4) is 0 Å². The van der Waals surface area contributed by atoms with Crippen molar-refractivity contribution in [3.05, 3.63) is 16.5 Å². The van der Waals surface area contributed by atoms with E-state index in [-0.39, 0.29) is 0 Å². The van der Waals surface area contributed by atoms with Crippen molar-refractivity contribution < 1.29 is 14.2 Å². The third kappa shape index (κ3) is 4.58. The van der Waals surface area contributed by atoms with Crippen molar-refractivity contribution in [3.63, 3.8) is 0 Å². The van der Waals surface area contributed by atoms with E-state index in [9.17, 15) is 0 Å². The molecule has 6 heteroatoms. The zero-order valence-electron chi connectivity index (χ0n) is 12.0. The van der Waals surface area contributed by atoms with Crippen molar-refractivity contribution >= 4 is 11.6 Å². The fraction of sp³-hybridized carbons (Fsp3) is 0.714. The number of methoxy groups -OCH3 is 1. The maximum atomic E-state index is 6.12. The fourth-order valence-electron chi connectivity index (χ4n) is 1.72. The molecule has 1 aliphatic rings. The lowest BCUT2D eigenvalue weighted by atomic mass is 10.3. The van der Waals surface area contributed by atoms with Gasteiger partial charge >= 0.3 is 0 Å². The van der Waals surface area contributed by atoms with Gasteiger partial charge in [0.1, 0.15) is 11.0 Å². The maximum absolute atomic E-state index is 6.12. The number of aromatic nitrogens is 2. The van der Waals surface area contributed by atoms with Crippen LogP contribution in [0.15, 0.2) is 0 Å². The number of ether oxygens (including phenoxy) is 3. The number of hydrogen-bond donors (Lipinski definition) is 0. The van der Waals surface area contributed by atoms with E-state index < -0.39 is 0 Å². The Bertz CT molecular complexity index is 439. The van der Waals surface area contributed by atoms with Gasteiger partial charge in [0.15, 0.2) is 0 Å². The largest absolute Gasteiger partial charge is 0.477 e. The SMILES string of the molecule is COCCOCCCOc1nc(C2CC2)nc(Cl)c1C. The van der Waals surface area contributed by atoms with Gasteiger partial charge in [0, 0.05) is 31.6 Å². The molecule has 1 aromatic heterocycles. The Morgan fingerprint density at radius 1 is 1.15 bits per heavy atom. The molecule has 0 aliphatic heterocycles. The average Bonchev–Trinajstić information content (AvgIpc) is 3.26. The van der Waals surface area contributed by atoms with Crippen LogP contribution in [0.4, 0.5) is 0 Å². The van der Waals surface area contributed by atoms with Crippen LogP contribution < -0.4 is 4.74 Å². The molecule has 1 heterocycles. The summed E-state index contributed by atoms with van der Waals surface area (Å²) in [5, 5.41) is 0.494. The first-order chi connectivity index (χ1) is 9.72. The molecule has 0 spiro atoms. The Labute approximate surface area is 124 Å². The first-order valence-electron chi connectivity index (χ1n) is 6.96. The molecule has 0 amide bonds. The third-order valence-corrected chi connectivity index (χ3v) is 3.47. The van der Waals surface area contributed by atoms with Gasteiger partial charge in [0.2, 0.25) is 5.88 Å². The smallest absolute Gasteiger partial charge is 0.221 e. The van der Waals surface area contributed by atoms with E-state index in [4.69, 9.17) is 25.8 Å². The van der Waals surface area contributed by atoms with Gasteiger partial charge in [-0.15, -0.1) is 0 Å². The Kier molecular flexibility index (Phi) is 6.01. The Balaban J connectivity index is 1.77. The molecule has 1 aliphatic carbocycles. The van der Waals surface area contributed by atoms with E-state index >= 15 is 0 Å². The number of nitrogens with zero attached hydrogens (tertiary/aromatic N) is 2. The Morgan fingerprint density at radius 3 is 2.65 bits per heavy atom. The molecule has 1 aromatic rings. The van der Waals surface area contributed by atoms with Crippen LogP contribution in [-0.4, -0.2) is 43.5 Å². The molecule has 0 radical (unpaired) electrons. The number of hydrogen-bond acceptors (Lipinski definition) is 5. The van der Waals surface area contributed by atoms with E-state index in [1.165, 1.54) is 0 Å². The van der Waals surface area contributed by atoms with Crippen LogP contribution in [0.2, 0.25) is 5.15 Å². The summed E-state index contributed by atoms with van der Waals surface area (Å²) >= 11 is 6.12. The maximum Gasteiger partial charge on any atom is 0.221 e. The first-order valence-corrected chi connectivity index (χ1v) is 7.33. The van der Waals surface area contributed by atoms with Crippen molar-refractivity contribution in [1.29, 1.82) is 0 Å². The topological polar surface area (TPSA) is 53.5 Å². The lowest BCUT2D eigenvalue weighted by molar-refractivity contribution is 0.0641. The summed E-state index contributed by atoms with van der Waals surface area (Å²) in [4.78, 5) is 8.77. The molecule has 0 aromatic carbocycles. The predicted molar refractivity (Wildman–Crippen MR) is 76.6 cm³/mol. The average molecular weight is 301 g/mol. The van der Waals surface area contributed by atoms with Gasteiger partial charge in [0.25, 0.3) is 0 Å². The van der Waals surface area contributed by atoms with Crippen molar-refractivity contribution in [1.82, 2.24) is 9.97 Å². The van der Waals surface area contributed by atoms with Crippen molar-refractivity contribution in [3.8, 4) is 5.88 Å². The normalized spacial score (nSPS) is 14.6. The molecule has 0 bridgehead atoms. The molecule has 0 atom stereocenters. The second-order valence-corrected chi connectivity index (χ2v) is 5.24. The van der Waals surface area contributed by atoms with E-state index in [1.807, 2.05) is 6.92 Å². The Morgan fingerprint density at radius 2 is 1.95 bits per heavy atom. The summed E-state index contributed by atoms with van der Waals surface area (Å²) in [5.74, 6) is 1.88. The molecule has 1 saturated carbocycles. The molecule has 1 fully saturated rings. The van der Waals surface area contributed by atoms with E-state index in [0.29, 0.717) is 43.4 Å². The van der Waals surface area contributed by atoms with E-state index in [2.05, 4.69) is 9.97 Å². The summed E-state index contributed by atoms with van der Waals surface area (Å²) in [6.45, 7) is 4.32. The van der Waals surface area contributed by atoms with Crippen molar-refractivity contribution in [2.75, 3.05) is 33.5 Å². The van der Waals surface area contributed by atoms with Crippen LogP contribution in [-0.2, 0) is 9.47 Å². The van der Waals surface area contributed by atoms with Gasteiger partial charge in [0.05, 0.1) is 19.8 Å². The standard InChI is InChI=1S/C14H21ClN2O3/c1-10-12(15)16-13(11-4-5-11)17-14(10)20-7-3-6-19-9-8-18-2/h11H,3-9H2,1-2H3. The molecule has 112 valence electrons. The minimum absolute atomic E-state index is 0.466. The quantitative estimate of drug-likeness (QED) is 0.518. The van der Waals surface area contributed by atoms with Crippen LogP contribution in [0.1, 0.15) is 36.6 Å². The first kappa shape index (κ1) is 15.5. The van der Waals surface area contributed by atoms with Crippen LogP contribution in [0.25, 0.3) is 0 Å². The highest BCUT2D eigenvalue weighted by Gasteiger charge is 2.28. The minimum atomic E-state index is 0.466. The number of rotatable bonds is 9. The lowest BCUT2D eigenvalue weighted by Gasteiger charge is -2.10. The van der Waals surface area contributed by atoms with Crippen LogP contribution in [0.5, 0.6) is 5.88 Å².